The lowest BCUT2D eigenvalue weighted by molar-refractivity contribution is 0.111. The van der Waals surface area contributed by atoms with Crippen LogP contribution in [0.4, 0.5) is 0 Å². The van der Waals surface area contributed by atoms with Crippen molar-refractivity contribution in [3.05, 3.63) is 0 Å². The molecular weight excluding hydrogens is 184 g/mol. The third-order valence-corrected chi connectivity index (χ3v) is 4.83. The fourth-order valence-electron chi connectivity index (χ4n) is 4.13. The largest absolute Gasteiger partial charge is 0.255 e. The summed E-state index contributed by atoms with van der Waals surface area (Å²) in [5.74, 6) is 2.10. The molecule has 3 rings (SSSR count). The second-order valence-electron chi connectivity index (χ2n) is 5.66. The predicted octanol–water partition coefficient (Wildman–Crippen LogP) is 2.56. The number of hydrazine groups is 1. The van der Waals surface area contributed by atoms with Crippen LogP contribution < -0.4 is 5.43 Å². The van der Waals surface area contributed by atoms with Crippen molar-refractivity contribution in [3.8, 4) is 0 Å². The first-order chi connectivity index (χ1) is 7.45. The van der Waals surface area contributed by atoms with E-state index in [-0.39, 0.29) is 0 Å². The Bertz CT molecular complexity index is 183. The maximum absolute atomic E-state index is 3.59. The summed E-state index contributed by atoms with van der Waals surface area (Å²) >= 11 is 0. The van der Waals surface area contributed by atoms with Crippen LogP contribution in [0, 0.1) is 11.8 Å². The van der Waals surface area contributed by atoms with Gasteiger partial charge in [-0.25, -0.2) is 5.01 Å². The molecule has 0 aromatic carbocycles. The van der Waals surface area contributed by atoms with Crippen LogP contribution in [0.3, 0.4) is 0 Å². The van der Waals surface area contributed by atoms with E-state index in [2.05, 4.69) is 10.4 Å². The van der Waals surface area contributed by atoms with Crippen LogP contribution in [-0.4, -0.2) is 24.1 Å². The fraction of sp³-hybridized carbons (Fsp3) is 1.00. The quantitative estimate of drug-likeness (QED) is 0.750. The third-order valence-electron chi connectivity index (χ3n) is 4.83. The van der Waals surface area contributed by atoms with Gasteiger partial charge in [0.25, 0.3) is 0 Å². The summed E-state index contributed by atoms with van der Waals surface area (Å²) < 4.78 is 0. The summed E-state index contributed by atoms with van der Waals surface area (Å²) in [6.45, 7) is 2.52. The summed E-state index contributed by atoms with van der Waals surface area (Å²) in [7, 11) is 0. The minimum absolute atomic E-state index is 0.885. The first kappa shape index (κ1) is 10.1. The van der Waals surface area contributed by atoms with Crippen molar-refractivity contribution in [2.75, 3.05) is 13.1 Å². The summed E-state index contributed by atoms with van der Waals surface area (Å²) in [6.07, 6.45) is 11.8. The molecule has 2 unspecified atom stereocenters. The minimum Gasteiger partial charge on any atom is -0.255 e. The Balaban J connectivity index is 1.65. The van der Waals surface area contributed by atoms with Gasteiger partial charge in [0, 0.05) is 19.1 Å². The zero-order chi connectivity index (χ0) is 10.1. The van der Waals surface area contributed by atoms with Crippen molar-refractivity contribution >= 4 is 0 Å². The van der Waals surface area contributed by atoms with Crippen LogP contribution in [0.15, 0.2) is 0 Å². The topological polar surface area (TPSA) is 15.3 Å². The average Bonchev–Trinajstić information content (AvgIpc) is 3.01. The summed E-state index contributed by atoms with van der Waals surface area (Å²) in [6, 6.07) is 0.885. The molecule has 86 valence electrons. The van der Waals surface area contributed by atoms with Gasteiger partial charge in [0.1, 0.15) is 0 Å². The van der Waals surface area contributed by atoms with Crippen molar-refractivity contribution in [2.24, 2.45) is 11.8 Å². The highest BCUT2D eigenvalue weighted by molar-refractivity contribution is 4.90. The van der Waals surface area contributed by atoms with Crippen molar-refractivity contribution < 1.29 is 0 Å². The number of hydrogen-bond donors (Lipinski definition) is 1. The molecule has 1 heterocycles. The molecule has 0 radical (unpaired) electrons. The van der Waals surface area contributed by atoms with Gasteiger partial charge in [0.15, 0.2) is 0 Å². The van der Waals surface area contributed by atoms with E-state index >= 15 is 0 Å². The lowest BCUT2D eigenvalue weighted by Gasteiger charge is -2.32. The predicted molar refractivity (Wildman–Crippen MR) is 62.4 cm³/mol. The first-order valence-corrected chi connectivity index (χ1v) is 6.95. The third kappa shape index (κ3) is 1.94. The maximum Gasteiger partial charge on any atom is 0.0274 e. The highest BCUT2D eigenvalue weighted by atomic mass is 15.5. The molecule has 1 aliphatic heterocycles. The van der Waals surface area contributed by atoms with Crippen molar-refractivity contribution in [1.29, 1.82) is 0 Å². The average molecular weight is 208 g/mol. The van der Waals surface area contributed by atoms with Gasteiger partial charge >= 0.3 is 0 Å². The molecule has 2 nitrogen and oxygen atoms in total. The molecule has 0 aromatic rings. The molecule has 15 heavy (non-hydrogen) atoms. The Kier molecular flexibility index (Phi) is 2.98. The molecule has 0 amide bonds. The molecular formula is C13H24N2. The Hall–Kier alpha value is -0.0800. The van der Waals surface area contributed by atoms with E-state index in [1.54, 1.807) is 0 Å². The Labute approximate surface area is 93.4 Å². The van der Waals surface area contributed by atoms with E-state index in [9.17, 15) is 0 Å². The van der Waals surface area contributed by atoms with Gasteiger partial charge < -0.3 is 0 Å². The molecule has 1 N–H and O–H groups in total. The smallest absolute Gasteiger partial charge is 0.0274 e. The molecule has 0 aromatic heterocycles. The standard InChI is InChI=1S/C13H24N2/c1-2-6-11(5-1)12-7-3-8-13(12)15-10-4-9-14-15/h11-14H,1-10H2. The Morgan fingerprint density at radius 1 is 0.867 bits per heavy atom. The minimum atomic E-state index is 0.885. The van der Waals surface area contributed by atoms with Crippen molar-refractivity contribution in [2.45, 2.75) is 57.4 Å². The summed E-state index contributed by atoms with van der Waals surface area (Å²) in [4.78, 5) is 0. The van der Waals surface area contributed by atoms with E-state index in [1.165, 1.54) is 64.5 Å². The molecule has 0 bridgehead atoms. The van der Waals surface area contributed by atoms with E-state index in [0.717, 1.165) is 17.9 Å². The summed E-state index contributed by atoms with van der Waals surface area (Å²) in [5, 5.41) is 2.58. The lowest BCUT2D eigenvalue weighted by atomic mass is 9.86. The van der Waals surface area contributed by atoms with Gasteiger partial charge in [-0.05, 0) is 31.1 Å². The Morgan fingerprint density at radius 3 is 2.47 bits per heavy atom. The van der Waals surface area contributed by atoms with E-state index < -0.39 is 0 Å². The molecule has 3 fully saturated rings. The van der Waals surface area contributed by atoms with Gasteiger partial charge in [0.2, 0.25) is 0 Å². The molecule has 2 saturated carbocycles. The van der Waals surface area contributed by atoms with Crippen LogP contribution in [0.25, 0.3) is 0 Å². The number of nitrogens with one attached hydrogen (secondary N) is 1. The second kappa shape index (κ2) is 4.42. The zero-order valence-electron chi connectivity index (χ0n) is 9.75. The van der Waals surface area contributed by atoms with E-state index in [4.69, 9.17) is 0 Å². The van der Waals surface area contributed by atoms with E-state index in [1.807, 2.05) is 0 Å². The van der Waals surface area contributed by atoms with Gasteiger partial charge in [-0.15, -0.1) is 0 Å². The van der Waals surface area contributed by atoms with Gasteiger partial charge in [0.05, 0.1) is 0 Å². The molecule has 2 aliphatic carbocycles. The van der Waals surface area contributed by atoms with Crippen LogP contribution in [0.1, 0.15) is 51.4 Å². The summed E-state index contributed by atoms with van der Waals surface area (Å²) in [5.41, 5.74) is 3.59. The molecule has 3 aliphatic rings. The van der Waals surface area contributed by atoms with Crippen LogP contribution in [0.2, 0.25) is 0 Å². The maximum atomic E-state index is 3.59. The molecule has 2 heteroatoms. The second-order valence-corrected chi connectivity index (χ2v) is 5.66. The number of hydrogen-bond acceptors (Lipinski definition) is 2. The monoisotopic (exact) mass is 208 g/mol. The van der Waals surface area contributed by atoms with Crippen LogP contribution >= 0.6 is 0 Å². The SMILES string of the molecule is C1CCC(C2CCCC2N2CCCN2)C1. The molecule has 0 spiro atoms. The molecule has 1 saturated heterocycles. The zero-order valence-corrected chi connectivity index (χ0v) is 9.75. The van der Waals surface area contributed by atoms with Crippen molar-refractivity contribution in [1.82, 2.24) is 10.4 Å². The number of nitrogens with zero attached hydrogens (tertiary/aromatic N) is 1. The van der Waals surface area contributed by atoms with Crippen molar-refractivity contribution in [3.63, 3.8) is 0 Å². The highest BCUT2D eigenvalue weighted by Gasteiger charge is 2.38. The number of rotatable bonds is 2. The first-order valence-electron chi connectivity index (χ1n) is 6.95. The lowest BCUT2D eigenvalue weighted by Crippen LogP contribution is -2.44. The van der Waals surface area contributed by atoms with E-state index in [0.29, 0.717) is 0 Å². The van der Waals surface area contributed by atoms with Crippen LogP contribution in [0.5, 0.6) is 0 Å². The van der Waals surface area contributed by atoms with Gasteiger partial charge in [-0.3, -0.25) is 5.43 Å². The van der Waals surface area contributed by atoms with Gasteiger partial charge in [-0.1, -0.05) is 32.1 Å². The fourth-order valence-corrected chi connectivity index (χ4v) is 4.13. The van der Waals surface area contributed by atoms with Gasteiger partial charge in [-0.2, -0.15) is 0 Å². The van der Waals surface area contributed by atoms with Crippen LogP contribution in [-0.2, 0) is 0 Å². The Morgan fingerprint density at radius 2 is 1.73 bits per heavy atom. The highest BCUT2D eigenvalue weighted by Crippen LogP contribution is 2.42. The molecule has 2 atom stereocenters. The normalized spacial score (nSPS) is 39.2.